The van der Waals surface area contributed by atoms with E-state index in [4.69, 9.17) is 11.6 Å². The number of nitro groups is 1. The van der Waals surface area contributed by atoms with Crippen LogP contribution in [0.2, 0.25) is 5.02 Å². The molecule has 2 amide bonds. The van der Waals surface area contributed by atoms with Crippen LogP contribution in [-0.2, 0) is 9.59 Å². The highest BCUT2D eigenvalue weighted by molar-refractivity contribution is 6.30. The van der Waals surface area contributed by atoms with Gasteiger partial charge in [-0.05, 0) is 54.4 Å². The van der Waals surface area contributed by atoms with Gasteiger partial charge in [0.25, 0.3) is 11.6 Å². The van der Waals surface area contributed by atoms with Gasteiger partial charge in [0.15, 0.2) is 0 Å². The Morgan fingerprint density at radius 3 is 2.21 bits per heavy atom. The maximum Gasteiger partial charge on any atom is 0.269 e. The molecular formula is C25H19ClN4O4. The van der Waals surface area contributed by atoms with Crippen molar-refractivity contribution >= 4 is 40.5 Å². The van der Waals surface area contributed by atoms with Crippen LogP contribution >= 0.6 is 11.6 Å². The Morgan fingerprint density at radius 1 is 0.941 bits per heavy atom. The molecule has 0 N–H and O–H groups in total. The van der Waals surface area contributed by atoms with E-state index in [0.29, 0.717) is 22.0 Å². The summed E-state index contributed by atoms with van der Waals surface area (Å²) in [5, 5.41) is 17.8. The average molecular weight is 475 g/mol. The molecule has 9 heteroatoms. The third kappa shape index (κ3) is 3.52. The Bertz CT molecular complexity index is 1310. The molecule has 3 atom stereocenters. The second kappa shape index (κ2) is 8.39. The second-order valence-corrected chi connectivity index (χ2v) is 8.60. The van der Waals surface area contributed by atoms with E-state index >= 15 is 0 Å². The predicted molar refractivity (Wildman–Crippen MR) is 128 cm³/mol. The minimum atomic E-state index is -0.856. The van der Waals surface area contributed by atoms with Crippen molar-refractivity contribution in [3.8, 4) is 0 Å². The molecule has 0 saturated carbocycles. The molecular weight excluding hydrogens is 456 g/mol. The van der Waals surface area contributed by atoms with Gasteiger partial charge in [-0.15, -0.1) is 0 Å². The molecule has 0 aliphatic carbocycles. The lowest BCUT2D eigenvalue weighted by molar-refractivity contribution is -0.384. The van der Waals surface area contributed by atoms with E-state index in [1.807, 2.05) is 37.3 Å². The summed E-state index contributed by atoms with van der Waals surface area (Å²) in [5.41, 5.74) is 2.34. The highest BCUT2D eigenvalue weighted by Crippen LogP contribution is 2.40. The van der Waals surface area contributed by atoms with Gasteiger partial charge in [-0.3, -0.25) is 29.6 Å². The number of nitro benzene ring substituents is 1. The van der Waals surface area contributed by atoms with E-state index in [-0.39, 0.29) is 17.5 Å². The number of hydrazone groups is 1. The zero-order valence-electron chi connectivity index (χ0n) is 18.0. The molecule has 170 valence electrons. The largest absolute Gasteiger partial charge is 0.274 e. The number of amides is 2. The number of carbonyl (C=O) groups is 2. The van der Waals surface area contributed by atoms with Crippen LogP contribution in [0.25, 0.3) is 0 Å². The van der Waals surface area contributed by atoms with Gasteiger partial charge in [0.05, 0.1) is 22.4 Å². The molecule has 34 heavy (non-hydrogen) atoms. The van der Waals surface area contributed by atoms with E-state index in [9.17, 15) is 19.7 Å². The fourth-order valence-electron chi connectivity index (χ4n) is 4.50. The Hall–Kier alpha value is -4.04. The van der Waals surface area contributed by atoms with Crippen molar-refractivity contribution in [1.29, 1.82) is 0 Å². The van der Waals surface area contributed by atoms with Crippen LogP contribution < -0.4 is 5.01 Å². The number of non-ortho nitro benzene ring substituents is 1. The Morgan fingerprint density at radius 2 is 1.59 bits per heavy atom. The van der Waals surface area contributed by atoms with E-state index < -0.39 is 22.9 Å². The fourth-order valence-corrected chi connectivity index (χ4v) is 4.62. The van der Waals surface area contributed by atoms with E-state index in [1.54, 1.807) is 41.4 Å². The maximum atomic E-state index is 13.7. The van der Waals surface area contributed by atoms with Crippen LogP contribution in [0.1, 0.15) is 24.1 Å². The SMILES string of the molecule is C[C@H](c1ccccc1)N1C(=O)[C@@H]2C(c3ccc([N+](=O)[O-])cc3)=NN(c3ccc(Cl)cc3)[C@@H]2C1=O. The lowest BCUT2D eigenvalue weighted by Crippen LogP contribution is -2.40. The minimum Gasteiger partial charge on any atom is -0.274 e. The van der Waals surface area contributed by atoms with Gasteiger partial charge in [-0.25, -0.2) is 0 Å². The molecule has 5 rings (SSSR count). The summed E-state index contributed by atoms with van der Waals surface area (Å²) < 4.78 is 0. The molecule has 1 saturated heterocycles. The molecule has 3 aromatic rings. The quantitative estimate of drug-likeness (QED) is 0.306. The molecule has 2 aliphatic rings. The number of hydrogen-bond acceptors (Lipinski definition) is 6. The van der Waals surface area contributed by atoms with Gasteiger partial charge >= 0.3 is 0 Å². The van der Waals surface area contributed by atoms with Crippen molar-refractivity contribution in [2.45, 2.75) is 19.0 Å². The summed E-state index contributed by atoms with van der Waals surface area (Å²) in [6.07, 6.45) is 0. The lowest BCUT2D eigenvalue weighted by Gasteiger charge is -2.26. The van der Waals surface area contributed by atoms with Gasteiger partial charge in [-0.2, -0.15) is 5.10 Å². The predicted octanol–water partition coefficient (Wildman–Crippen LogP) is 4.59. The monoisotopic (exact) mass is 474 g/mol. The van der Waals surface area contributed by atoms with Gasteiger partial charge in [0.1, 0.15) is 12.0 Å². The van der Waals surface area contributed by atoms with Gasteiger partial charge in [0, 0.05) is 17.2 Å². The summed E-state index contributed by atoms with van der Waals surface area (Å²) in [6, 6.07) is 20.7. The van der Waals surface area contributed by atoms with Crippen LogP contribution in [0.15, 0.2) is 84.0 Å². The number of hydrogen-bond donors (Lipinski definition) is 0. The summed E-state index contributed by atoms with van der Waals surface area (Å²) in [4.78, 5) is 39.2. The molecule has 0 bridgehead atoms. The number of carbonyl (C=O) groups excluding carboxylic acids is 2. The number of imide groups is 1. The fraction of sp³-hybridized carbons (Fsp3) is 0.160. The maximum absolute atomic E-state index is 13.7. The standard InChI is InChI=1S/C25H19ClN4O4/c1-15(16-5-3-2-4-6-16)28-24(31)21-22(17-7-11-20(12-8-17)30(33)34)27-29(23(21)25(28)32)19-13-9-18(26)10-14-19/h2-15,21,23H,1H3/t15-,21-,23+/m1/s1. The Kier molecular flexibility index (Phi) is 5.37. The third-order valence-corrected chi connectivity index (χ3v) is 6.47. The molecule has 3 aromatic carbocycles. The number of fused-ring (bicyclic) bond motifs is 1. The van der Waals surface area contributed by atoms with E-state index in [0.717, 1.165) is 5.56 Å². The summed E-state index contributed by atoms with van der Waals surface area (Å²) in [5.74, 6) is -1.53. The first-order chi connectivity index (χ1) is 16.4. The lowest BCUT2D eigenvalue weighted by atomic mass is 9.92. The second-order valence-electron chi connectivity index (χ2n) is 8.17. The Labute approximate surface area is 200 Å². The average Bonchev–Trinajstić information content (AvgIpc) is 3.36. The minimum absolute atomic E-state index is 0.0680. The van der Waals surface area contributed by atoms with Crippen LogP contribution in [0.3, 0.4) is 0 Å². The molecule has 0 radical (unpaired) electrons. The smallest absolute Gasteiger partial charge is 0.269 e. The van der Waals surface area contributed by atoms with Crippen LogP contribution in [0, 0.1) is 16.0 Å². The molecule has 0 aromatic heterocycles. The zero-order chi connectivity index (χ0) is 24.0. The molecule has 2 aliphatic heterocycles. The highest BCUT2D eigenvalue weighted by atomic mass is 35.5. The molecule has 1 fully saturated rings. The molecule has 8 nitrogen and oxygen atoms in total. The first-order valence-electron chi connectivity index (χ1n) is 10.7. The number of halogens is 1. The van der Waals surface area contributed by atoms with Crippen molar-refractivity contribution < 1.29 is 14.5 Å². The van der Waals surface area contributed by atoms with Crippen molar-refractivity contribution in [1.82, 2.24) is 4.90 Å². The van der Waals surface area contributed by atoms with Crippen molar-refractivity contribution in [2.75, 3.05) is 5.01 Å². The van der Waals surface area contributed by atoms with E-state index in [2.05, 4.69) is 5.10 Å². The molecule has 0 unspecified atom stereocenters. The number of likely N-dealkylation sites (tertiary alicyclic amines) is 1. The van der Waals surface area contributed by atoms with Gasteiger partial charge < -0.3 is 0 Å². The normalized spacial score (nSPS) is 20.4. The van der Waals surface area contributed by atoms with Crippen molar-refractivity contribution in [3.05, 3.63) is 105 Å². The van der Waals surface area contributed by atoms with Crippen LogP contribution in [-0.4, -0.2) is 33.4 Å². The molecule has 0 spiro atoms. The Balaban J connectivity index is 1.59. The van der Waals surface area contributed by atoms with Gasteiger partial charge in [0.2, 0.25) is 5.91 Å². The summed E-state index contributed by atoms with van der Waals surface area (Å²) in [7, 11) is 0. The van der Waals surface area contributed by atoms with Gasteiger partial charge in [-0.1, -0.05) is 41.9 Å². The number of rotatable bonds is 5. The summed E-state index contributed by atoms with van der Waals surface area (Å²) >= 11 is 6.04. The highest BCUT2D eigenvalue weighted by Gasteiger charge is 2.58. The van der Waals surface area contributed by atoms with Crippen molar-refractivity contribution in [2.24, 2.45) is 11.0 Å². The van der Waals surface area contributed by atoms with Crippen molar-refractivity contribution in [3.63, 3.8) is 0 Å². The number of nitrogens with zero attached hydrogens (tertiary/aromatic N) is 4. The van der Waals surface area contributed by atoms with Crippen LogP contribution in [0.5, 0.6) is 0 Å². The first-order valence-corrected chi connectivity index (χ1v) is 11.0. The number of benzene rings is 3. The van der Waals surface area contributed by atoms with Crippen LogP contribution in [0.4, 0.5) is 11.4 Å². The molecule has 2 heterocycles. The van der Waals surface area contributed by atoms with E-state index in [1.165, 1.54) is 17.0 Å². The third-order valence-electron chi connectivity index (χ3n) is 6.22. The first kappa shape index (κ1) is 21.8. The topological polar surface area (TPSA) is 96.1 Å². The summed E-state index contributed by atoms with van der Waals surface area (Å²) in [6.45, 7) is 1.82. The zero-order valence-corrected chi connectivity index (χ0v) is 18.8. The number of anilines is 1.